The molecule has 2 rings (SSSR count). The number of carbonyl (C=O) groups is 1. The molecule has 128 valence electrons. The second-order valence-electron chi connectivity index (χ2n) is 4.97. The fourth-order valence-corrected chi connectivity index (χ4v) is 2.55. The van der Waals surface area contributed by atoms with E-state index < -0.39 is 5.78 Å². The van der Waals surface area contributed by atoms with Crippen LogP contribution in [0.1, 0.15) is 15.9 Å². The molecule has 0 atom stereocenters. The third-order valence-electron chi connectivity index (χ3n) is 3.46. The lowest BCUT2D eigenvalue weighted by atomic mass is 10.0. The average Bonchev–Trinajstić information content (AvgIpc) is 2.65. The van der Waals surface area contributed by atoms with Crippen molar-refractivity contribution in [1.82, 2.24) is 0 Å². The molecule has 0 aromatic heterocycles. The summed E-state index contributed by atoms with van der Waals surface area (Å²) in [4.78, 5) is 12.6. The van der Waals surface area contributed by atoms with Crippen LogP contribution in [-0.2, 0) is 0 Å². The lowest BCUT2D eigenvalue weighted by molar-refractivity contribution is 0.103. The lowest BCUT2D eigenvalue weighted by Crippen LogP contribution is -2.02. The van der Waals surface area contributed by atoms with Crippen LogP contribution in [0.15, 0.2) is 42.0 Å². The maximum atomic E-state index is 12.6. The second-order valence-corrected chi connectivity index (χ2v) is 5.38. The number of methoxy groups -OCH3 is 3. The molecular weight excluding hydrogens is 342 g/mol. The molecule has 0 saturated heterocycles. The Morgan fingerprint density at radius 2 is 1.88 bits per heavy atom. The van der Waals surface area contributed by atoms with Gasteiger partial charge in [-0.2, -0.15) is 5.26 Å². The number of benzene rings is 2. The van der Waals surface area contributed by atoms with Crippen LogP contribution in [0.2, 0.25) is 5.02 Å². The largest absolute Gasteiger partial charge is 0.497 e. The highest BCUT2D eigenvalue weighted by molar-refractivity contribution is 6.32. The first-order valence-corrected chi connectivity index (χ1v) is 7.64. The average molecular weight is 358 g/mol. The number of halogens is 1. The molecule has 0 amide bonds. The number of nitrogens with zero attached hydrogens (tertiary/aromatic N) is 1. The van der Waals surface area contributed by atoms with Gasteiger partial charge in [0.05, 0.1) is 26.4 Å². The predicted octanol–water partition coefficient (Wildman–Crippen LogP) is 4.16. The van der Waals surface area contributed by atoms with Crippen molar-refractivity contribution in [3.63, 3.8) is 0 Å². The Morgan fingerprint density at radius 1 is 1.12 bits per heavy atom. The summed E-state index contributed by atoms with van der Waals surface area (Å²) < 4.78 is 15.5. The number of nitriles is 1. The van der Waals surface area contributed by atoms with Gasteiger partial charge in [-0.15, -0.1) is 0 Å². The van der Waals surface area contributed by atoms with E-state index in [1.165, 1.54) is 27.4 Å². The van der Waals surface area contributed by atoms with E-state index in [-0.39, 0.29) is 5.57 Å². The zero-order valence-electron chi connectivity index (χ0n) is 14.0. The molecule has 6 heteroatoms. The Morgan fingerprint density at radius 3 is 2.48 bits per heavy atom. The maximum Gasteiger partial charge on any atom is 0.203 e. The molecule has 0 radical (unpaired) electrons. The molecule has 5 nitrogen and oxygen atoms in total. The quantitative estimate of drug-likeness (QED) is 0.441. The van der Waals surface area contributed by atoms with E-state index in [4.69, 9.17) is 25.8 Å². The third-order valence-corrected chi connectivity index (χ3v) is 3.74. The molecule has 0 spiro atoms. The van der Waals surface area contributed by atoms with Crippen molar-refractivity contribution < 1.29 is 19.0 Å². The first-order chi connectivity index (χ1) is 12.0. The first-order valence-electron chi connectivity index (χ1n) is 7.26. The number of carbonyl (C=O) groups excluding carboxylic acids is 1. The van der Waals surface area contributed by atoms with Gasteiger partial charge in [0.2, 0.25) is 5.78 Å². The fourth-order valence-electron chi connectivity index (χ4n) is 2.26. The highest BCUT2D eigenvalue weighted by atomic mass is 35.5. The Labute approximate surface area is 151 Å². The molecule has 0 aliphatic rings. The van der Waals surface area contributed by atoms with Gasteiger partial charge in [-0.25, -0.2) is 0 Å². The normalized spacial score (nSPS) is 10.8. The highest BCUT2D eigenvalue weighted by Crippen LogP contribution is 2.36. The van der Waals surface area contributed by atoms with Crippen molar-refractivity contribution in [3.05, 3.63) is 58.1 Å². The minimum atomic E-state index is -0.410. The molecule has 0 fully saturated rings. The van der Waals surface area contributed by atoms with Crippen molar-refractivity contribution in [3.8, 4) is 23.3 Å². The molecule has 0 heterocycles. The van der Waals surface area contributed by atoms with Crippen LogP contribution in [0, 0.1) is 11.3 Å². The predicted molar refractivity (Wildman–Crippen MR) is 95.5 cm³/mol. The van der Waals surface area contributed by atoms with Gasteiger partial charge in [-0.1, -0.05) is 23.7 Å². The van der Waals surface area contributed by atoms with E-state index in [0.29, 0.717) is 33.4 Å². The van der Waals surface area contributed by atoms with E-state index >= 15 is 0 Å². The second kappa shape index (κ2) is 8.22. The van der Waals surface area contributed by atoms with E-state index in [0.717, 1.165) is 0 Å². The van der Waals surface area contributed by atoms with Crippen LogP contribution < -0.4 is 14.2 Å². The van der Waals surface area contributed by atoms with Gasteiger partial charge in [0.25, 0.3) is 0 Å². The monoisotopic (exact) mass is 357 g/mol. The highest BCUT2D eigenvalue weighted by Gasteiger charge is 2.15. The minimum absolute atomic E-state index is 0.0310. The van der Waals surface area contributed by atoms with Gasteiger partial charge in [0.15, 0.2) is 11.5 Å². The van der Waals surface area contributed by atoms with Crippen LogP contribution in [-0.4, -0.2) is 27.1 Å². The van der Waals surface area contributed by atoms with Crippen LogP contribution >= 0.6 is 11.6 Å². The summed E-state index contributed by atoms with van der Waals surface area (Å²) in [5, 5.41) is 9.70. The van der Waals surface area contributed by atoms with Crippen molar-refractivity contribution in [1.29, 1.82) is 5.26 Å². The Balaban J connectivity index is 2.45. The van der Waals surface area contributed by atoms with Crippen LogP contribution in [0.3, 0.4) is 0 Å². The van der Waals surface area contributed by atoms with Crippen molar-refractivity contribution in [2.75, 3.05) is 21.3 Å². The summed E-state index contributed by atoms with van der Waals surface area (Å²) >= 11 is 6.16. The summed E-state index contributed by atoms with van der Waals surface area (Å²) in [7, 11) is 4.47. The first kappa shape index (κ1) is 18.4. The maximum absolute atomic E-state index is 12.6. The molecule has 0 saturated carbocycles. The van der Waals surface area contributed by atoms with Crippen molar-refractivity contribution >= 4 is 23.5 Å². The number of hydrogen-bond donors (Lipinski definition) is 0. The van der Waals surface area contributed by atoms with Crippen LogP contribution in [0.4, 0.5) is 0 Å². The number of allylic oxidation sites excluding steroid dienone is 1. The summed E-state index contributed by atoms with van der Waals surface area (Å²) in [6.45, 7) is 0. The summed E-state index contributed by atoms with van der Waals surface area (Å²) in [5.74, 6) is 0.927. The third kappa shape index (κ3) is 4.11. The zero-order chi connectivity index (χ0) is 18.4. The molecule has 0 N–H and O–H groups in total. The standard InChI is InChI=1S/C19H16ClNO4/c1-23-15-6-4-5-13(10-15)18(22)14(11-21)7-12-8-16(20)19(25-3)17(9-12)24-2/h4-10H,1-3H3. The van der Waals surface area contributed by atoms with Crippen LogP contribution in [0.25, 0.3) is 6.08 Å². The number of ether oxygens (including phenoxy) is 3. The SMILES string of the molecule is COc1cccc(C(=O)C(C#N)=Cc2cc(Cl)c(OC)c(OC)c2)c1. The summed E-state index contributed by atoms with van der Waals surface area (Å²) in [6, 6.07) is 11.8. The van der Waals surface area contributed by atoms with Crippen molar-refractivity contribution in [2.24, 2.45) is 0 Å². The smallest absolute Gasteiger partial charge is 0.203 e. The summed E-state index contributed by atoms with van der Waals surface area (Å²) in [5.41, 5.74) is 0.880. The molecular formula is C19H16ClNO4. The van der Waals surface area contributed by atoms with E-state index in [1.807, 2.05) is 6.07 Å². The number of rotatable bonds is 6. The van der Waals surface area contributed by atoms with Gasteiger partial charge in [0, 0.05) is 5.56 Å². The van der Waals surface area contributed by atoms with Gasteiger partial charge in [-0.3, -0.25) is 4.79 Å². The molecule has 25 heavy (non-hydrogen) atoms. The fraction of sp³-hybridized carbons (Fsp3) is 0.158. The lowest BCUT2D eigenvalue weighted by Gasteiger charge is -2.10. The van der Waals surface area contributed by atoms with E-state index in [9.17, 15) is 10.1 Å². The van der Waals surface area contributed by atoms with E-state index in [2.05, 4.69) is 0 Å². The molecule has 0 aliphatic carbocycles. The molecule has 2 aromatic rings. The van der Waals surface area contributed by atoms with Gasteiger partial charge < -0.3 is 14.2 Å². The van der Waals surface area contributed by atoms with Crippen LogP contribution in [0.5, 0.6) is 17.2 Å². The number of hydrogen-bond acceptors (Lipinski definition) is 5. The molecule has 0 bridgehead atoms. The minimum Gasteiger partial charge on any atom is -0.497 e. The van der Waals surface area contributed by atoms with Gasteiger partial charge in [0.1, 0.15) is 17.4 Å². The summed E-state index contributed by atoms with van der Waals surface area (Å²) in [6.07, 6.45) is 1.45. The molecule has 0 unspecified atom stereocenters. The Bertz CT molecular complexity index is 868. The van der Waals surface area contributed by atoms with Crippen molar-refractivity contribution in [2.45, 2.75) is 0 Å². The Hall–Kier alpha value is -2.97. The number of ketones is 1. The number of Topliss-reactive ketones (excluding diaryl/α,β-unsaturated/α-hetero) is 1. The molecule has 0 aliphatic heterocycles. The zero-order valence-corrected chi connectivity index (χ0v) is 14.8. The van der Waals surface area contributed by atoms with Gasteiger partial charge >= 0.3 is 0 Å². The topological polar surface area (TPSA) is 68.6 Å². The van der Waals surface area contributed by atoms with Gasteiger partial charge in [-0.05, 0) is 35.9 Å². The Kier molecular flexibility index (Phi) is 6.04. The van der Waals surface area contributed by atoms with E-state index in [1.54, 1.807) is 36.4 Å². The molecule has 2 aromatic carbocycles.